The molecule has 0 spiro atoms. The zero-order valence-electron chi connectivity index (χ0n) is 15.2. The number of carbonyl (C=O) groups is 1. The van der Waals surface area contributed by atoms with E-state index in [4.69, 9.17) is 0 Å². The molecule has 144 valence electrons. The minimum absolute atomic E-state index is 0.187. The number of hydrogen-bond donors (Lipinski definition) is 2. The summed E-state index contributed by atoms with van der Waals surface area (Å²) in [6.07, 6.45) is 4.35. The van der Waals surface area contributed by atoms with Crippen LogP contribution in [0.4, 0.5) is 19.3 Å². The first-order chi connectivity index (χ1) is 13.6. The minimum Gasteiger partial charge on any atom is -0.331 e. The van der Waals surface area contributed by atoms with Gasteiger partial charge < -0.3 is 10.6 Å². The van der Waals surface area contributed by atoms with Gasteiger partial charge in [0.15, 0.2) is 11.6 Å². The lowest BCUT2D eigenvalue weighted by Crippen LogP contribution is -2.34. The SMILES string of the molecule is O=C(Nc1cccc(F)c1F)N[C@@H]1CCCc2c1cnn2Cc1ccccc1. The van der Waals surface area contributed by atoms with Crippen molar-refractivity contribution in [2.24, 2.45) is 0 Å². The van der Waals surface area contributed by atoms with E-state index in [0.29, 0.717) is 6.54 Å². The molecule has 5 nitrogen and oxygen atoms in total. The first-order valence-corrected chi connectivity index (χ1v) is 9.22. The molecule has 0 bridgehead atoms. The highest BCUT2D eigenvalue weighted by Crippen LogP contribution is 2.30. The molecule has 1 aromatic heterocycles. The lowest BCUT2D eigenvalue weighted by Gasteiger charge is -2.24. The van der Waals surface area contributed by atoms with Gasteiger partial charge in [-0.05, 0) is 37.0 Å². The highest BCUT2D eigenvalue weighted by atomic mass is 19.2. The molecule has 2 N–H and O–H groups in total. The Morgan fingerprint density at radius 2 is 1.96 bits per heavy atom. The summed E-state index contributed by atoms with van der Waals surface area (Å²) in [4.78, 5) is 12.3. The Hall–Kier alpha value is -3.22. The van der Waals surface area contributed by atoms with Crippen LogP contribution in [0.2, 0.25) is 0 Å². The molecule has 0 aliphatic heterocycles. The van der Waals surface area contributed by atoms with Gasteiger partial charge in [0, 0.05) is 11.3 Å². The van der Waals surface area contributed by atoms with Crippen LogP contribution in [0.5, 0.6) is 0 Å². The van der Waals surface area contributed by atoms with Gasteiger partial charge in [-0.3, -0.25) is 4.68 Å². The number of benzene rings is 2. The molecule has 2 aromatic carbocycles. The van der Waals surface area contributed by atoms with Crippen molar-refractivity contribution in [3.05, 3.63) is 83.2 Å². The fourth-order valence-corrected chi connectivity index (χ4v) is 3.58. The van der Waals surface area contributed by atoms with Gasteiger partial charge in [0.2, 0.25) is 0 Å². The van der Waals surface area contributed by atoms with Crippen LogP contribution in [0.25, 0.3) is 0 Å². The number of carbonyl (C=O) groups excluding carboxylic acids is 1. The Morgan fingerprint density at radius 3 is 2.79 bits per heavy atom. The van der Waals surface area contributed by atoms with E-state index in [2.05, 4.69) is 15.7 Å². The molecule has 0 fully saturated rings. The van der Waals surface area contributed by atoms with Crippen LogP contribution in [0.15, 0.2) is 54.7 Å². The van der Waals surface area contributed by atoms with Crippen molar-refractivity contribution in [1.82, 2.24) is 15.1 Å². The highest BCUT2D eigenvalue weighted by Gasteiger charge is 2.26. The summed E-state index contributed by atoms with van der Waals surface area (Å²) >= 11 is 0. The molecule has 1 heterocycles. The average molecular weight is 382 g/mol. The number of urea groups is 1. The molecule has 0 radical (unpaired) electrons. The topological polar surface area (TPSA) is 59.0 Å². The summed E-state index contributed by atoms with van der Waals surface area (Å²) in [5.74, 6) is -2.07. The number of hydrogen-bond acceptors (Lipinski definition) is 2. The van der Waals surface area contributed by atoms with Crippen molar-refractivity contribution in [2.75, 3.05) is 5.32 Å². The van der Waals surface area contributed by atoms with E-state index in [0.717, 1.165) is 42.1 Å². The molecular weight excluding hydrogens is 362 g/mol. The van der Waals surface area contributed by atoms with Crippen LogP contribution in [-0.2, 0) is 13.0 Å². The Balaban J connectivity index is 1.47. The summed E-state index contributed by atoms with van der Waals surface area (Å²) in [6.45, 7) is 0.670. The number of nitrogens with one attached hydrogen (secondary N) is 2. The van der Waals surface area contributed by atoms with Crippen molar-refractivity contribution in [1.29, 1.82) is 0 Å². The average Bonchev–Trinajstić information content (AvgIpc) is 3.10. The van der Waals surface area contributed by atoms with E-state index in [-0.39, 0.29) is 11.7 Å². The summed E-state index contributed by atoms with van der Waals surface area (Å²) in [5, 5.41) is 9.73. The zero-order valence-corrected chi connectivity index (χ0v) is 15.2. The lowest BCUT2D eigenvalue weighted by molar-refractivity contribution is 0.247. The van der Waals surface area contributed by atoms with E-state index in [1.54, 1.807) is 6.20 Å². The second-order valence-corrected chi connectivity index (χ2v) is 6.83. The predicted molar refractivity (Wildman–Crippen MR) is 102 cm³/mol. The number of halogens is 2. The predicted octanol–water partition coefficient (Wildman–Crippen LogP) is 4.41. The fraction of sp³-hybridized carbons (Fsp3) is 0.238. The Bertz CT molecular complexity index is 987. The molecule has 0 saturated carbocycles. The highest BCUT2D eigenvalue weighted by molar-refractivity contribution is 5.89. The number of anilines is 1. The second-order valence-electron chi connectivity index (χ2n) is 6.83. The molecule has 1 aliphatic rings. The first kappa shape index (κ1) is 18.2. The molecule has 3 aromatic rings. The van der Waals surface area contributed by atoms with Gasteiger partial charge in [-0.15, -0.1) is 0 Å². The molecule has 7 heteroatoms. The quantitative estimate of drug-likeness (QED) is 0.702. The molecule has 1 aliphatic carbocycles. The molecule has 28 heavy (non-hydrogen) atoms. The molecule has 0 unspecified atom stereocenters. The smallest absolute Gasteiger partial charge is 0.319 e. The minimum atomic E-state index is -1.07. The molecular formula is C21H20F2N4O. The van der Waals surface area contributed by atoms with Crippen LogP contribution in [0, 0.1) is 11.6 Å². The summed E-state index contributed by atoms with van der Waals surface area (Å²) in [7, 11) is 0. The van der Waals surface area contributed by atoms with Gasteiger partial charge in [-0.1, -0.05) is 36.4 Å². The van der Waals surface area contributed by atoms with E-state index >= 15 is 0 Å². The van der Waals surface area contributed by atoms with E-state index in [1.165, 1.54) is 12.1 Å². The Labute approximate surface area is 161 Å². The van der Waals surface area contributed by atoms with Crippen molar-refractivity contribution in [3.63, 3.8) is 0 Å². The number of rotatable bonds is 4. The molecule has 2 amide bonds. The third kappa shape index (κ3) is 3.74. The summed E-state index contributed by atoms with van der Waals surface area (Å²) in [6, 6.07) is 12.9. The molecule has 1 atom stereocenters. The summed E-state index contributed by atoms with van der Waals surface area (Å²) in [5.41, 5.74) is 3.03. The maximum atomic E-state index is 13.8. The van der Waals surface area contributed by atoms with Crippen molar-refractivity contribution in [3.8, 4) is 0 Å². The van der Waals surface area contributed by atoms with E-state index in [9.17, 15) is 13.6 Å². The van der Waals surface area contributed by atoms with Gasteiger partial charge in [0.25, 0.3) is 0 Å². The fourth-order valence-electron chi connectivity index (χ4n) is 3.58. The standard InChI is InChI=1S/C21H20F2N4O/c22-16-8-4-10-18(20(16)23)26-21(28)25-17-9-5-11-19-15(17)12-24-27(19)13-14-6-2-1-3-7-14/h1-4,6-8,10,12,17H,5,9,11,13H2,(H2,25,26,28)/t17-/m1/s1. The van der Waals surface area contributed by atoms with Gasteiger partial charge >= 0.3 is 6.03 Å². The van der Waals surface area contributed by atoms with Crippen molar-refractivity contribution in [2.45, 2.75) is 31.8 Å². The van der Waals surface area contributed by atoms with Gasteiger partial charge in [0.1, 0.15) is 0 Å². The number of nitrogens with zero attached hydrogens (tertiary/aromatic N) is 2. The largest absolute Gasteiger partial charge is 0.331 e. The van der Waals surface area contributed by atoms with Crippen molar-refractivity contribution < 1.29 is 13.6 Å². The maximum Gasteiger partial charge on any atom is 0.319 e. The zero-order chi connectivity index (χ0) is 19.5. The van der Waals surface area contributed by atoms with Crippen molar-refractivity contribution >= 4 is 11.7 Å². The Morgan fingerprint density at radius 1 is 1.14 bits per heavy atom. The monoisotopic (exact) mass is 382 g/mol. The van der Waals surface area contributed by atoms with Crippen LogP contribution in [0.3, 0.4) is 0 Å². The third-order valence-electron chi connectivity index (χ3n) is 4.94. The molecule has 0 saturated heterocycles. The van der Waals surface area contributed by atoms with Gasteiger partial charge in [-0.2, -0.15) is 5.10 Å². The van der Waals surface area contributed by atoms with E-state index < -0.39 is 17.7 Å². The van der Waals surface area contributed by atoms with Gasteiger partial charge in [0.05, 0.1) is 24.5 Å². The normalized spacial score (nSPS) is 15.7. The maximum absolute atomic E-state index is 13.8. The van der Waals surface area contributed by atoms with Crippen LogP contribution < -0.4 is 10.6 Å². The van der Waals surface area contributed by atoms with Crippen LogP contribution in [-0.4, -0.2) is 15.8 Å². The second kappa shape index (κ2) is 7.80. The van der Waals surface area contributed by atoms with Crippen LogP contribution in [0.1, 0.15) is 35.7 Å². The summed E-state index contributed by atoms with van der Waals surface area (Å²) < 4.78 is 29.0. The number of amides is 2. The number of aromatic nitrogens is 2. The van der Waals surface area contributed by atoms with Gasteiger partial charge in [-0.25, -0.2) is 13.6 Å². The van der Waals surface area contributed by atoms with E-state index in [1.807, 2.05) is 35.0 Å². The first-order valence-electron chi connectivity index (χ1n) is 9.22. The van der Waals surface area contributed by atoms with Crippen LogP contribution >= 0.6 is 0 Å². The number of fused-ring (bicyclic) bond motifs is 1. The third-order valence-corrected chi connectivity index (χ3v) is 4.94. The molecule has 4 rings (SSSR count). The Kier molecular flexibility index (Phi) is 5.06. The lowest BCUT2D eigenvalue weighted by atomic mass is 9.93.